The molecule has 0 saturated carbocycles. The van der Waals surface area contributed by atoms with Gasteiger partial charge in [0.25, 0.3) is 0 Å². The zero-order valence-electron chi connectivity index (χ0n) is 16.3. The predicted octanol–water partition coefficient (Wildman–Crippen LogP) is 6.70. The molecule has 0 unspecified atom stereocenters. The molecule has 3 aromatic rings. The van der Waals surface area contributed by atoms with E-state index >= 15 is 0 Å². The quantitative estimate of drug-likeness (QED) is 0.298. The molecule has 0 bridgehead atoms. The van der Waals surface area contributed by atoms with E-state index in [1.807, 2.05) is 12.1 Å². The Morgan fingerprint density at radius 2 is 1.73 bits per heavy atom. The molecule has 3 nitrogen and oxygen atoms in total. The van der Waals surface area contributed by atoms with Crippen molar-refractivity contribution < 1.29 is 9.47 Å². The standard InChI is InChI=1S/C23H21Cl2NO2S2/c24-19-12-18-22(13-20(19)25)30-21-4-2-1-3-16(21)17-11-15(29-23(17)18)14-28-10-7-26-5-8-27-9-6-26/h1-4,11-13H,5-10,14H2. The summed E-state index contributed by atoms with van der Waals surface area (Å²) in [5.41, 5.74) is 3.63. The molecule has 0 aliphatic carbocycles. The van der Waals surface area contributed by atoms with E-state index in [0.717, 1.165) is 49.9 Å². The molecule has 5 rings (SSSR count). The zero-order valence-corrected chi connectivity index (χ0v) is 19.5. The third-order valence-corrected chi connectivity index (χ3v) is 8.34. The van der Waals surface area contributed by atoms with E-state index in [4.69, 9.17) is 32.7 Å². The van der Waals surface area contributed by atoms with Crippen molar-refractivity contribution >= 4 is 46.3 Å². The summed E-state index contributed by atoms with van der Waals surface area (Å²) >= 11 is 16.2. The molecule has 2 aliphatic heterocycles. The highest BCUT2D eigenvalue weighted by Crippen LogP contribution is 2.52. The number of rotatable bonds is 5. The number of nitrogens with zero attached hydrogens (tertiary/aromatic N) is 1. The Hall–Kier alpha value is -1.05. The van der Waals surface area contributed by atoms with E-state index in [-0.39, 0.29) is 0 Å². The molecule has 2 aliphatic rings. The monoisotopic (exact) mass is 477 g/mol. The molecule has 0 spiro atoms. The van der Waals surface area contributed by atoms with E-state index in [9.17, 15) is 0 Å². The van der Waals surface area contributed by atoms with Crippen LogP contribution in [0.25, 0.3) is 21.6 Å². The molecular formula is C23H21Cl2NO2S2. The molecule has 156 valence electrons. The van der Waals surface area contributed by atoms with E-state index in [0.29, 0.717) is 16.7 Å². The fraction of sp³-hybridized carbons (Fsp3) is 0.304. The van der Waals surface area contributed by atoms with Crippen molar-refractivity contribution in [2.45, 2.75) is 16.4 Å². The van der Waals surface area contributed by atoms with Crippen molar-refractivity contribution in [3.63, 3.8) is 0 Å². The molecule has 30 heavy (non-hydrogen) atoms. The summed E-state index contributed by atoms with van der Waals surface area (Å²) in [6.07, 6.45) is 0. The first-order valence-corrected chi connectivity index (χ1v) is 12.3. The van der Waals surface area contributed by atoms with Crippen molar-refractivity contribution in [3.8, 4) is 21.6 Å². The van der Waals surface area contributed by atoms with Gasteiger partial charge in [-0.1, -0.05) is 53.2 Å². The minimum atomic E-state index is 0.588. The lowest BCUT2D eigenvalue weighted by Gasteiger charge is -2.26. The Kier molecular flexibility index (Phi) is 6.39. The van der Waals surface area contributed by atoms with Gasteiger partial charge >= 0.3 is 0 Å². The molecular weight excluding hydrogens is 457 g/mol. The van der Waals surface area contributed by atoms with Crippen LogP contribution in [0.1, 0.15) is 4.88 Å². The minimum Gasteiger partial charge on any atom is -0.379 e. The van der Waals surface area contributed by atoms with Crippen LogP contribution in [0.4, 0.5) is 0 Å². The SMILES string of the molecule is Clc1cc2c(cc1Cl)-c1sc(COCCN3CCOCC3)cc1-c1ccccc1S2. The second kappa shape index (κ2) is 9.21. The van der Waals surface area contributed by atoms with E-state index in [2.05, 4.69) is 35.2 Å². The van der Waals surface area contributed by atoms with Crippen LogP contribution in [0.15, 0.2) is 52.3 Å². The van der Waals surface area contributed by atoms with Crippen LogP contribution < -0.4 is 0 Å². The van der Waals surface area contributed by atoms with Crippen molar-refractivity contribution in [3.05, 3.63) is 57.4 Å². The number of thiophene rings is 1. The van der Waals surface area contributed by atoms with Crippen LogP contribution >= 0.6 is 46.3 Å². The van der Waals surface area contributed by atoms with Crippen molar-refractivity contribution in [1.82, 2.24) is 4.90 Å². The number of ether oxygens (including phenoxy) is 2. The van der Waals surface area contributed by atoms with Crippen LogP contribution in [-0.4, -0.2) is 44.4 Å². The highest BCUT2D eigenvalue weighted by atomic mass is 35.5. The van der Waals surface area contributed by atoms with Gasteiger partial charge in [-0.2, -0.15) is 0 Å². The smallest absolute Gasteiger partial charge is 0.0810 e. The average Bonchev–Trinajstić information content (AvgIpc) is 3.14. The summed E-state index contributed by atoms with van der Waals surface area (Å²) in [6, 6.07) is 14.8. The van der Waals surface area contributed by atoms with Gasteiger partial charge in [0, 0.05) is 50.3 Å². The van der Waals surface area contributed by atoms with Gasteiger partial charge in [-0.15, -0.1) is 11.3 Å². The van der Waals surface area contributed by atoms with Gasteiger partial charge in [-0.05, 0) is 29.8 Å². The summed E-state index contributed by atoms with van der Waals surface area (Å²) in [4.78, 5) is 7.21. The Morgan fingerprint density at radius 3 is 2.60 bits per heavy atom. The Bertz CT molecular complexity index is 1060. The lowest BCUT2D eigenvalue weighted by Crippen LogP contribution is -2.38. The number of morpholine rings is 1. The van der Waals surface area contributed by atoms with Gasteiger partial charge in [-0.3, -0.25) is 4.90 Å². The lowest BCUT2D eigenvalue weighted by atomic mass is 10.0. The summed E-state index contributed by atoms with van der Waals surface area (Å²) in [5, 5.41) is 1.18. The maximum absolute atomic E-state index is 6.38. The van der Waals surface area contributed by atoms with E-state index < -0.39 is 0 Å². The first-order chi connectivity index (χ1) is 14.7. The number of hydrogen-bond acceptors (Lipinski definition) is 5. The minimum absolute atomic E-state index is 0.588. The normalized spacial score (nSPS) is 15.9. The van der Waals surface area contributed by atoms with Gasteiger partial charge in [0.15, 0.2) is 0 Å². The van der Waals surface area contributed by atoms with Crippen LogP contribution in [0.3, 0.4) is 0 Å². The fourth-order valence-electron chi connectivity index (χ4n) is 3.79. The van der Waals surface area contributed by atoms with Gasteiger partial charge in [0.1, 0.15) is 0 Å². The molecule has 3 heterocycles. The summed E-state index contributed by atoms with van der Waals surface area (Å²) < 4.78 is 11.4. The van der Waals surface area contributed by atoms with Crippen LogP contribution in [-0.2, 0) is 16.1 Å². The van der Waals surface area contributed by atoms with Gasteiger partial charge < -0.3 is 9.47 Å². The maximum atomic E-state index is 6.38. The Balaban J connectivity index is 1.41. The zero-order chi connectivity index (χ0) is 20.5. The largest absolute Gasteiger partial charge is 0.379 e. The van der Waals surface area contributed by atoms with Crippen molar-refractivity contribution in [2.75, 3.05) is 39.5 Å². The van der Waals surface area contributed by atoms with Gasteiger partial charge in [0.2, 0.25) is 0 Å². The van der Waals surface area contributed by atoms with Crippen molar-refractivity contribution in [2.24, 2.45) is 0 Å². The third kappa shape index (κ3) is 4.30. The molecule has 0 amide bonds. The third-order valence-electron chi connectivity index (χ3n) is 5.35. The molecule has 0 atom stereocenters. The summed E-state index contributed by atoms with van der Waals surface area (Å²) in [7, 11) is 0. The molecule has 2 aromatic carbocycles. The summed E-state index contributed by atoms with van der Waals surface area (Å²) in [5.74, 6) is 0. The van der Waals surface area contributed by atoms with Crippen LogP contribution in [0.5, 0.6) is 0 Å². The van der Waals surface area contributed by atoms with E-state index in [1.54, 1.807) is 23.1 Å². The molecule has 1 fully saturated rings. The number of hydrogen-bond donors (Lipinski definition) is 0. The van der Waals surface area contributed by atoms with Gasteiger partial charge in [-0.25, -0.2) is 0 Å². The lowest BCUT2D eigenvalue weighted by molar-refractivity contribution is 0.0183. The maximum Gasteiger partial charge on any atom is 0.0810 e. The molecule has 0 N–H and O–H groups in total. The Morgan fingerprint density at radius 1 is 0.933 bits per heavy atom. The second-order valence-electron chi connectivity index (χ2n) is 7.32. The molecule has 1 aromatic heterocycles. The average molecular weight is 478 g/mol. The number of fused-ring (bicyclic) bond motifs is 5. The van der Waals surface area contributed by atoms with Crippen molar-refractivity contribution in [1.29, 1.82) is 0 Å². The van der Waals surface area contributed by atoms with E-state index in [1.165, 1.54) is 25.8 Å². The molecule has 1 saturated heterocycles. The highest BCUT2D eigenvalue weighted by molar-refractivity contribution is 7.99. The highest BCUT2D eigenvalue weighted by Gasteiger charge is 2.23. The first-order valence-electron chi connectivity index (χ1n) is 9.96. The number of benzene rings is 2. The van der Waals surface area contributed by atoms with Crippen LogP contribution in [0, 0.1) is 0 Å². The molecule has 7 heteroatoms. The molecule has 0 radical (unpaired) electrons. The second-order valence-corrected chi connectivity index (χ2v) is 10.4. The topological polar surface area (TPSA) is 21.7 Å². The predicted molar refractivity (Wildman–Crippen MR) is 126 cm³/mol. The fourth-order valence-corrected chi connectivity index (χ4v) is 6.51. The first kappa shape index (κ1) is 20.8. The van der Waals surface area contributed by atoms with Gasteiger partial charge in [0.05, 0.1) is 36.5 Å². The number of halogens is 2. The Labute approximate surface area is 194 Å². The summed E-state index contributed by atoms with van der Waals surface area (Å²) in [6.45, 7) is 5.92. The van der Waals surface area contributed by atoms with Crippen LogP contribution in [0.2, 0.25) is 10.0 Å².